The third-order valence-electron chi connectivity index (χ3n) is 6.55. The van der Waals surface area contributed by atoms with Crippen molar-refractivity contribution in [3.05, 3.63) is 62.9 Å². The number of esters is 1. The molecule has 0 radical (unpaired) electrons. The molecule has 0 amide bonds. The molecule has 0 aliphatic carbocycles. The lowest BCUT2D eigenvalue weighted by Gasteiger charge is -2.31. The van der Waals surface area contributed by atoms with Crippen LogP contribution in [0.2, 0.25) is 0 Å². The summed E-state index contributed by atoms with van der Waals surface area (Å²) in [6.07, 6.45) is 0.829. The molecule has 0 saturated carbocycles. The number of nitrogens with one attached hydrogen (secondary N) is 1. The number of carbonyl (C=O) groups excluding carboxylic acids is 1. The van der Waals surface area contributed by atoms with E-state index in [0.717, 1.165) is 22.0 Å². The number of carbonyl (C=O) groups is 1. The van der Waals surface area contributed by atoms with E-state index in [1.807, 2.05) is 24.3 Å². The normalized spacial score (nSPS) is 18.9. The molecule has 8 nitrogen and oxygen atoms in total. The van der Waals surface area contributed by atoms with Crippen molar-refractivity contribution in [1.82, 2.24) is 14.9 Å². The Balaban J connectivity index is 1.71. The zero-order valence-corrected chi connectivity index (χ0v) is 17.9. The number of ether oxygens (including phenoxy) is 1. The number of para-hydroxylation sites is 1. The molecule has 2 aliphatic heterocycles. The van der Waals surface area contributed by atoms with Crippen LogP contribution in [0.4, 0.5) is 0 Å². The molecule has 1 atom stereocenters. The number of aromatic nitrogens is 2. The molecule has 0 saturated heterocycles. The highest BCUT2D eigenvalue weighted by Crippen LogP contribution is 2.40. The Labute approximate surface area is 184 Å². The Morgan fingerprint density at radius 2 is 2.03 bits per heavy atom. The number of fused-ring (bicyclic) bond motifs is 5. The second-order valence-electron chi connectivity index (χ2n) is 8.26. The first-order chi connectivity index (χ1) is 15.5. The quantitative estimate of drug-likeness (QED) is 0.308. The zero-order valence-electron chi connectivity index (χ0n) is 17.9. The van der Waals surface area contributed by atoms with Gasteiger partial charge in [0.05, 0.1) is 35.6 Å². The highest BCUT2D eigenvalue weighted by Gasteiger charge is 2.45. The van der Waals surface area contributed by atoms with E-state index in [4.69, 9.17) is 14.8 Å². The molecule has 0 bridgehead atoms. The van der Waals surface area contributed by atoms with Gasteiger partial charge in [0.15, 0.2) is 5.60 Å². The van der Waals surface area contributed by atoms with E-state index in [-0.39, 0.29) is 25.2 Å². The number of aliphatic hydroxyl groups is 2. The average molecular weight is 435 g/mol. The molecule has 3 N–H and O–H groups in total. The van der Waals surface area contributed by atoms with E-state index in [0.29, 0.717) is 48.6 Å². The lowest BCUT2D eigenvalue weighted by molar-refractivity contribution is -0.172. The molecule has 3 aromatic rings. The molecule has 2 aromatic heterocycles. The first kappa shape index (κ1) is 20.8. The fourth-order valence-electron chi connectivity index (χ4n) is 4.82. The van der Waals surface area contributed by atoms with Gasteiger partial charge in [-0.3, -0.25) is 4.79 Å². The van der Waals surface area contributed by atoms with Crippen molar-refractivity contribution in [1.29, 1.82) is 0 Å². The van der Waals surface area contributed by atoms with Gasteiger partial charge in [-0.2, -0.15) is 0 Å². The molecule has 2 aliphatic rings. The maximum Gasteiger partial charge on any atom is 0.343 e. The number of nitrogens with zero attached hydrogens (tertiary/aromatic N) is 2. The van der Waals surface area contributed by atoms with E-state index in [1.54, 1.807) is 17.6 Å². The Hall–Kier alpha value is -3.07. The van der Waals surface area contributed by atoms with Gasteiger partial charge < -0.3 is 24.8 Å². The van der Waals surface area contributed by atoms with E-state index < -0.39 is 11.6 Å². The second-order valence-corrected chi connectivity index (χ2v) is 8.26. The van der Waals surface area contributed by atoms with Crippen molar-refractivity contribution in [2.24, 2.45) is 0 Å². The van der Waals surface area contributed by atoms with Gasteiger partial charge >= 0.3 is 5.97 Å². The third-order valence-corrected chi connectivity index (χ3v) is 6.55. The lowest BCUT2D eigenvalue weighted by atomic mass is 9.86. The van der Waals surface area contributed by atoms with Crippen LogP contribution in [0.25, 0.3) is 22.3 Å². The largest absolute Gasteiger partial charge is 0.458 e. The summed E-state index contributed by atoms with van der Waals surface area (Å²) in [4.78, 5) is 30.6. The minimum atomic E-state index is -1.83. The van der Waals surface area contributed by atoms with E-state index in [2.05, 4.69) is 5.32 Å². The SMILES string of the molecule is CCC1(O)C(=O)OCc2c1cc1n(c2=O)Cc2c-1nc1ccccc1c2CCNCCO. The molecule has 32 heavy (non-hydrogen) atoms. The van der Waals surface area contributed by atoms with Gasteiger partial charge in [-0.05, 0) is 37.1 Å². The van der Waals surface area contributed by atoms with E-state index in [1.165, 1.54) is 0 Å². The third kappa shape index (κ3) is 2.98. The number of hydrogen-bond donors (Lipinski definition) is 3. The van der Waals surface area contributed by atoms with Crippen LogP contribution in [0.15, 0.2) is 35.1 Å². The fourth-order valence-corrected chi connectivity index (χ4v) is 4.82. The molecule has 1 unspecified atom stereocenters. The van der Waals surface area contributed by atoms with Crippen molar-refractivity contribution >= 4 is 16.9 Å². The Bertz CT molecular complexity index is 1300. The van der Waals surface area contributed by atoms with Crippen LogP contribution in [0.3, 0.4) is 0 Å². The van der Waals surface area contributed by atoms with Gasteiger partial charge in [-0.25, -0.2) is 9.78 Å². The zero-order chi connectivity index (χ0) is 22.5. The van der Waals surface area contributed by atoms with Crippen LogP contribution in [0, 0.1) is 0 Å². The standard InChI is InChI=1S/C24H25N3O5/c1-2-24(31)18-11-20-21-16(12-27(20)22(29)17(18)13-32-23(24)30)14(7-8-25-9-10-28)15-5-3-4-6-19(15)26-21/h3-6,11,25,28,31H,2,7-10,12-13H2,1H3. The minimum Gasteiger partial charge on any atom is -0.458 e. The fraction of sp³-hybridized carbons (Fsp3) is 0.375. The topological polar surface area (TPSA) is 114 Å². The van der Waals surface area contributed by atoms with Gasteiger partial charge in [-0.15, -0.1) is 0 Å². The first-order valence-corrected chi connectivity index (χ1v) is 10.9. The van der Waals surface area contributed by atoms with Gasteiger partial charge in [0.25, 0.3) is 5.56 Å². The van der Waals surface area contributed by atoms with E-state index in [9.17, 15) is 14.7 Å². The van der Waals surface area contributed by atoms with Crippen LogP contribution >= 0.6 is 0 Å². The van der Waals surface area contributed by atoms with Crippen LogP contribution in [-0.2, 0) is 34.7 Å². The molecule has 4 heterocycles. The average Bonchev–Trinajstić information content (AvgIpc) is 3.17. The second kappa shape index (κ2) is 7.81. The maximum absolute atomic E-state index is 13.4. The van der Waals surface area contributed by atoms with Crippen LogP contribution in [0.1, 0.15) is 35.6 Å². The number of benzene rings is 1. The van der Waals surface area contributed by atoms with E-state index >= 15 is 0 Å². The highest BCUT2D eigenvalue weighted by molar-refractivity contribution is 5.89. The Morgan fingerprint density at radius 3 is 2.81 bits per heavy atom. The molecule has 166 valence electrons. The molecule has 0 fully saturated rings. The number of pyridine rings is 2. The Morgan fingerprint density at radius 1 is 1.22 bits per heavy atom. The van der Waals surface area contributed by atoms with Gasteiger partial charge in [0.2, 0.25) is 0 Å². The summed E-state index contributed by atoms with van der Waals surface area (Å²) in [6.45, 7) is 3.20. The maximum atomic E-state index is 13.4. The first-order valence-electron chi connectivity index (χ1n) is 10.9. The van der Waals surface area contributed by atoms with Crippen molar-refractivity contribution < 1.29 is 19.7 Å². The minimum absolute atomic E-state index is 0.0721. The van der Waals surface area contributed by atoms with Gasteiger partial charge in [0.1, 0.15) is 6.61 Å². The molecule has 1 aromatic carbocycles. The summed E-state index contributed by atoms with van der Waals surface area (Å²) in [6, 6.07) is 9.61. The summed E-state index contributed by atoms with van der Waals surface area (Å²) in [5, 5.41) is 24.3. The van der Waals surface area contributed by atoms with Crippen LogP contribution in [0.5, 0.6) is 0 Å². The lowest BCUT2D eigenvalue weighted by Crippen LogP contribution is -2.44. The van der Waals surface area contributed by atoms with Gasteiger partial charge in [0, 0.05) is 23.1 Å². The summed E-state index contributed by atoms with van der Waals surface area (Å²) in [5.41, 5.74) is 2.77. The number of rotatable bonds is 6. The smallest absolute Gasteiger partial charge is 0.343 e. The summed E-state index contributed by atoms with van der Waals surface area (Å²) in [7, 11) is 0. The summed E-state index contributed by atoms with van der Waals surface area (Å²) in [5.74, 6) is -0.725. The van der Waals surface area contributed by atoms with Crippen LogP contribution in [-0.4, -0.2) is 45.4 Å². The molecular formula is C24H25N3O5. The van der Waals surface area contributed by atoms with Crippen molar-refractivity contribution in [3.63, 3.8) is 0 Å². The predicted molar refractivity (Wildman–Crippen MR) is 118 cm³/mol. The highest BCUT2D eigenvalue weighted by atomic mass is 16.6. The monoisotopic (exact) mass is 435 g/mol. The molecule has 8 heteroatoms. The predicted octanol–water partition coefficient (Wildman–Crippen LogP) is 1.20. The van der Waals surface area contributed by atoms with Crippen molar-refractivity contribution in [3.8, 4) is 11.4 Å². The van der Waals surface area contributed by atoms with Crippen LogP contribution < -0.4 is 10.9 Å². The van der Waals surface area contributed by atoms with Gasteiger partial charge in [-0.1, -0.05) is 25.1 Å². The molecule has 0 spiro atoms. The molecule has 5 rings (SSSR count). The molecular weight excluding hydrogens is 410 g/mol. The summed E-state index contributed by atoms with van der Waals surface area (Å²) < 4.78 is 6.81. The number of hydrogen-bond acceptors (Lipinski definition) is 7. The van der Waals surface area contributed by atoms with Crippen molar-refractivity contribution in [2.75, 3.05) is 19.7 Å². The van der Waals surface area contributed by atoms with Crippen molar-refractivity contribution in [2.45, 2.75) is 38.5 Å². The number of aliphatic hydroxyl groups excluding tert-OH is 1. The Kier molecular flexibility index (Phi) is 5.08. The summed E-state index contributed by atoms with van der Waals surface area (Å²) >= 11 is 0. The number of cyclic esters (lactones) is 1.